The van der Waals surface area contributed by atoms with Gasteiger partial charge in [0.2, 0.25) is 0 Å². The van der Waals surface area contributed by atoms with Crippen LogP contribution in [0.15, 0.2) is 23.0 Å². The van der Waals surface area contributed by atoms with Crippen LogP contribution in [0.4, 0.5) is 0 Å². The Bertz CT molecular complexity index is 402. The summed E-state index contributed by atoms with van der Waals surface area (Å²) in [4.78, 5) is 30.7. The first-order valence-electron chi connectivity index (χ1n) is 5.17. The van der Waals surface area contributed by atoms with Crippen molar-refractivity contribution >= 4 is 22.7 Å². The minimum absolute atomic E-state index is 0.245. The van der Waals surface area contributed by atoms with Crippen molar-refractivity contribution in [1.82, 2.24) is 0 Å². The lowest BCUT2D eigenvalue weighted by Crippen LogP contribution is -2.27. The molecule has 2 unspecified atom stereocenters. The quantitative estimate of drug-likeness (QED) is 0.295. The highest BCUT2D eigenvalue weighted by atomic mass is 32.2. The van der Waals surface area contributed by atoms with Crippen molar-refractivity contribution in [1.29, 1.82) is 0 Å². The van der Waals surface area contributed by atoms with E-state index in [9.17, 15) is 13.8 Å². The Morgan fingerprint density at radius 2 is 1.89 bits per heavy atom. The molecule has 0 spiro atoms. The number of rotatable bonds is 8. The van der Waals surface area contributed by atoms with Crippen LogP contribution in [0.2, 0.25) is 0 Å². The molecule has 108 valence electrons. The average molecular weight is 292 g/mol. The second-order valence-electron chi connectivity index (χ2n) is 3.46. The Balaban J connectivity index is 4.16. The van der Waals surface area contributed by atoms with Gasteiger partial charge in [0, 0.05) is 11.8 Å². The summed E-state index contributed by atoms with van der Waals surface area (Å²) < 4.78 is 16.1. The zero-order valence-electron chi connectivity index (χ0n) is 10.7. The molecule has 0 bridgehead atoms. The predicted molar refractivity (Wildman–Crippen MR) is 66.8 cm³/mol. The molecule has 0 amide bonds. The number of carbonyl (C=O) groups excluding carboxylic acids is 2. The molecule has 7 nitrogen and oxygen atoms in total. The predicted octanol–water partition coefficient (Wildman–Crippen LogP) is 0.181. The van der Waals surface area contributed by atoms with Crippen LogP contribution in [-0.4, -0.2) is 40.6 Å². The number of carbonyl (C=O) groups is 2. The van der Waals surface area contributed by atoms with Crippen LogP contribution < -0.4 is 0 Å². The van der Waals surface area contributed by atoms with E-state index in [1.807, 2.05) is 0 Å². The van der Waals surface area contributed by atoms with Gasteiger partial charge in [-0.2, -0.15) is 4.89 Å². The van der Waals surface area contributed by atoms with Crippen LogP contribution in [0.5, 0.6) is 0 Å². The molecular weight excluding hydrogens is 276 g/mol. The molecule has 0 aromatic carbocycles. The third-order valence-electron chi connectivity index (χ3n) is 1.69. The van der Waals surface area contributed by atoms with E-state index in [4.69, 9.17) is 5.11 Å². The van der Waals surface area contributed by atoms with Crippen molar-refractivity contribution in [3.05, 3.63) is 23.0 Å². The van der Waals surface area contributed by atoms with Crippen LogP contribution in [0.25, 0.3) is 0 Å². The molecule has 0 saturated heterocycles. The van der Waals surface area contributed by atoms with Gasteiger partial charge in [0.05, 0.1) is 17.4 Å². The van der Waals surface area contributed by atoms with E-state index in [0.29, 0.717) is 0 Å². The lowest BCUT2D eigenvalue weighted by molar-refractivity contribution is -0.279. The number of aliphatic hydroxyl groups excluding tert-OH is 1. The molecule has 0 heterocycles. The van der Waals surface area contributed by atoms with Crippen LogP contribution in [-0.2, 0) is 34.9 Å². The SMILES string of the molecule is C=C(C)S(=O)C(=C)C(=O)OOCC(CO)OC(C)=O. The summed E-state index contributed by atoms with van der Waals surface area (Å²) in [6, 6.07) is 0. The first kappa shape index (κ1) is 17.5. The largest absolute Gasteiger partial charge is 0.457 e. The highest BCUT2D eigenvalue weighted by molar-refractivity contribution is 7.93. The molecule has 0 aliphatic carbocycles. The smallest absolute Gasteiger partial charge is 0.381 e. The minimum Gasteiger partial charge on any atom is -0.457 e. The summed E-state index contributed by atoms with van der Waals surface area (Å²) >= 11 is 0. The van der Waals surface area contributed by atoms with Gasteiger partial charge in [-0.3, -0.25) is 9.68 Å². The maximum absolute atomic E-state index is 11.4. The Morgan fingerprint density at radius 1 is 1.32 bits per heavy atom. The number of ether oxygens (including phenoxy) is 1. The van der Waals surface area contributed by atoms with Crippen LogP contribution >= 0.6 is 0 Å². The molecule has 0 aliphatic rings. The zero-order valence-corrected chi connectivity index (χ0v) is 11.5. The van der Waals surface area contributed by atoms with Gasteiger partial charge in [-0.1, -0.05) is 13.2 Å². The van der Waals surface area contributed by atoms with Crippen molar-refractivity contribution in [2.45, 2.75) is 20.0 Å². The number of hydrogen-bond donors (Lipinski definition) is 1. The second-order valence-corrected chi connectivity index (χ2v) is 5.19. The van der Waals surface area contributed by atoms with E-state index in [1.54, 1.807) is 0 Å². The summed E-state index contributed by atoms with van der Waals surface area (Å²) in [5.74, 6) is -1.64. The van der Waals surface area contributed by atoms with E-state index < -0.39 is 35.4 Å². The standard InChI is InChI=1S/C11H16O7S/c1-7(2)19(15)8(3)11(14)18-16-6-10(5-12)17-9(4)13/h10,12H,1,3,5-6H2,2,4H3. The van der Waals surface area contributed by atoms with Crippen LogP contribution in [0, 0.1) is 0 Å². The number of allylic oxidation sites excluding steroid dienone is 1. The normalized spacial score (nSPS) is 13.2. The molecule has 0 aromatic heterocycles. The molecule has 19 heavy (non-hydrogen) atoms. The van der Waals surface area contributed by atoms with E-state index in [-0.39, 0.29) is 16.4 Å². The summed E-state index contributed by atoms with van der Waals surface area (Å²) in [6.45, 7) is 8.49. The first-order valence-corrected chi connectivity index (χ1v) is 6.32. The molecule has 2 atom stereocenters. The Labute approximate surface area is 113 Å². The Hall–Kier alpha value is -1.51. The van der Waals surface area contributed by atoms with Crippen LogP contribution in [0.3, 0.4) is 0 Å². The van der Waals surface area contributed by atoms with Gasteiger partial charge >= 0.3 is 11.9 Å². The highest BCUT2D eigenvalue weighted by Gasteiger charge is 2.19. The van der Waals surface area contributed by atoms with E-state index in [2.05, 4.69) is 27.7 Å². The van der Waals surface area contributed by atoms with Crippen LogP contribution in [0.1, 0.15) is 13.8 Å². The summed E-state index contributed by atoms with van der Waals surface area (Å²) in [6.07, 6.45) is -0.954. The van der Waals surface area contributed by atoms with Crippen molar-refractivity contribution in [3.8, 4) is 0 Å². The third kappa shape index (κ3) is 6.85. The van der Waals surface area contributed by atoms with Crippen molar-refractivity contribution in [3.63, 3.8) is 0 Å². The van der Waals surface area contributed by atoms with Gasteiger partial charge < -0.3 is 9.84 Å². The van der Waals surface area contributed by atoms with Gasteiger partial charge in [-0.15, -0.1) is 0 Å². The molecule has 0 radical (unpaired) electrons. The Kier molecular flexibility index (Phi) is 7.89. The molecule has 0 saturated carbocycles. The number of aliphatic hydroxyl groups is 1. The van der Waals surface area contributed by atoms with E-state index >= 15 is 0 Å². The number of hydrogen-bond acceptors (Lipinski definition) is 7. The summed E-state index contributed by atoms with van der Waals surface area (Å²) in [7, 11) is -1.75. The highest BCUT2D eigenvalue weighted by Crippen LogP contribution is 2.09. The fourth-order valence-corrected chi connectivity index (χ4v) is 1.46. The first-order chi connectivity index (χ1) is 8.79. The van der Waals surface area contributed by atoms with Crippen molar-refractivity contribution in [2.75, 3.05) is 13.2 Å². The molecule has 0 fully saturated rings. The summed E-state index contributed by atoms with van der Waals surface area (Å²) in [5.41, 5.74) is 0. The monoisotopic (exact) mass is 292 g/mol. The molecule has 0 aliphatic heterocycles. The van der Waals surface area contributed by atoms with Gasteiger partial charge in [0.15, 0.2) is 6.10 Å². The average Bonchev–Trinajstić information content (AvgIpc) is 2.34. The molecule has 8 heteroatoms. The minimum atomic E-state index is -1.75. The molecule has 1 N–H and O–H groups in total. The van der Waals surface area contributed by atoms with Gasteiger partial charge in [0.1, 0.15) is 11.5 Å². The topological polar surface area (TPSA) is 99.1 Å². The molecular formula is C11H16O7S. The Morgan fingerprint density at radius 3 is 2.32 bits per heavy atom. The maximum Gasteiger partial charge on any atom is 0.381 e. The van der Waals surface area contributed by atoms with E-state index in [1.165, 1.54) is 6.92 Å². The van der Waals surface area contributed by atoms with Crippen molar-refractivity contribution < 1.29 is 33.4 Å². The third-order valence-corrected chi connectivity index (χ3v) is 2.94. The maximum atomic E-state index is 11.4. The molecule has 0 aromatic rings. The molecule has 0 rings (SSSR count). The summed E-state index contributed by atoms with van der Waals surface area (Å²) in [5, 5.41) is 8.83. The van der Waals surface area contributed by atoms with Gasteiger partial charge in [-0.25, -0.2) is 9.00 Å². The zero-order chi connectivity index (χ0) is 15.0. The second kappa shape index (κ2) is 8.57. The van der Waals surface area contributed by atoms with Gasteiger partial charge in [0.25, 0.3) is 0 Å². The van der Waals surface area contributed by atoms with Gasteiger partial charge in [-0.05, 0) is 6.92 Å². The fourth-order valence-electron chi connectivity index (χ4n) is 0.855. The fraction of sp³-hybridized carbons (Fsp3) is 0.455. The lowest BCUT2D eigenvalue weighted by atomic mass is 10.4. The lowest BCUT2D eigenvalue weighted by Gasteiger charge is -2.13. The van der Waals surface area contributed by atoms with Crippen molar-refractivity contribution in [2.24, 2.45) is 0 Å². The number of esters is 1. The van der Waals surface area contributed by atoms with E-state index in [0.717, 1.165) is 6.92 Å².